The molecule has 0 saturated carbocycles. The highest BCUT2D eigenvalue weighted by Gasteiger charge is 2.07. The fourth-order valence-electron chi connectivity index (χ4n) is 2.38. The summed E-state index contributed by atoms with van der Waals surface area (Å²) in [6.07, 6.45) is 0.994. The lowest BCUT2D eigenvalue weighted by Crippen LogP contribution is -2.27. The van der Waals surface area contributed by atoms with Crippen molar-refractivity contribution in [1.29, 1.82) is 0 Å². The minimum absolute atomic E-state index is 0.0189. The maximum atomic E-state index is 12.0. The number of aryl methyl sites for hydroxylation is 1. The smallest absolute Gasteiger partial charge is 0.224 e. The van der Waals surface area contributed by atoms with Crippen LogP contribution in [0.5, 0.6) is 0 Å². The van der Waals surface area contributed by atoms with Crippen LogP contribution in [0.3, 0.4) is 0 Å². The van der Waals surface area contributed by atoms with E-state index < -0.39 is 0 Å². The average molecular weight is 294 g/mol. The highest BCUT2D eigenvalue weighted by molar-refractivity contribution is 5.78. The van der Waals surface area contributed by atoms with Crippen LogP contribution in [0.4, 0.5) is 0 Å². The molecule has 1 amide bonds. The Balaban J connectivity index is 1.52. The van der Waals surface area contributed by atoms with Gasteiger partial charge in [0.05, 0.1) is 6.42 Å². The highest BCUT2D eigenvalue weighted by atomic mass is 16.3. The zero-order valence-corrected chi connectivity index (χ0v) is 12.5. The summed E-state index contributed by atoms with van der Waals surface area (Å²) in [6.45, 7) is 2.54. The van der Waals surface area contributed by atoms with Gasteiger partial charge in [-0.15, -0.1) is 0 Å². The zero-order valence-electron chi connectivity index (χ0n) is 12.5. The van der Waals surface area contributed by atoms with Crippen molar-refractivity contribution in [2.24, 2.45) is 0 Å². The first-order chi connectivity index (χ1) is 10.7. The first kappa shape index (κ1) is 14.3. The SMILES string of the molecule is Cc1ccccc1CC(=O)NCCc1nc2ccccc2o1. The fourth-order valence-corrected chi connectivity index (χ4v) is 2.38. The molecular weight excluding hydrogens is 276 g/mol. The van der Waals surface area contributed by atoms with Crippen molar-refractivity contribution in [3.8, 4) is 0 Å². The third kappa shape index (κ3) is 3.34. The van der Waals surface area contributed by atoms with Crippen LogP contribution in [0.15, 0.2) is 52.9 Å². The Labute approximate surface area is 129 Å². The largest absolute Gasteiger partial charge is 0.441 e. The van der Waals surface area contributed by atoms with Gasteiger partial charge in [0, 0.05) is 13.0 Å². The van der Waals surface area contributed by atoms with Gasteiger partial charge < -0.3 is 9.73 Å². The number of aromatic nitrogens is 1. The molecule has 0 radical (unpaired) electrons. The molecule has 3 rings (SSSR count). The number of carbonyl (C=O) groups is 1. The molecular formula is C18H18N2O2. The van der Waals surface area contributed by atoms with Crippen molar-refractivity contribution in [2.75, 3.05) is 6.54 Å². The Hall–Kier alpha value is -2.62. The molecule has 1 N–H and O–H groups in total. The molecule has 3 aromatic rings. The molecule has 0 saturated heterocycles. The van der Waals surface area contributed by atoms with Gasteiger partial charge in [-0.2, -0.15) is 0 Å². The third-order valence-electron chi connectivity index (χ3n) is 3.61. The van der Waals surface area contributed by atoms with Crippen molar-refractivity contribution in [3.63, 3.8) is 0 Å². The number of benzene rings is 2. The Morgan fingerprint density at radius 3 is 2.73 bits per heavy atom. The number of hydrogen-bond acceptors (Lipinski definition) is 3. The monoisotopic (exact) mass is 294 g/mol. The number of para-hydroxylation sites is 2. The van der Waals surface area contributed by atoms with Crippen molar-refractivity contribution < 1.29 is 9.21 Å². The molecule has 0 atom stereocenters. The van der Waals surface area contributed by atoms with Gasteiger partial charge in [0.15, 0.2) is 11.5 Å². The molecule has 0 spiro atoms. The first-order valence-corrected chi connectivity index (χ1v) is 7.38. The molecule has 0 bridgehead atoms. The van der Waals surface area contributed by atoms with Crippen LogP contribution in [0.2, 0.25) is 0 Å². The number of amides is 1. The van der Waals surface area contributed by atoms with E-state index in [2.05, 4.69) is 10.3 Å². The zero-order chi connectivity index (χ0) is 15.4. The molecule has 1 aromatic heterocycles. The average Bonchev–Trinajstić information content (AvgIpc) is 2.92. The molecule has 0 aliphatic carbocycles. The second-order valence-electron chi connectivity index (χ2n) is 5.28. The van der Waals surface area contributed by atoms with Crippen LogP contribution in [-0.2, 0) is 17.6 Å². The normalized spacial score (nSPS) is 10.8. The van der Waals surface area contributed by atoms with Crippen LogP contribution in [-0.4, -0.2) is 17.4 Å². The summed E-state index contributed by atoms with van der Waals surface area (Å²) in [5.74, 6) is 0.669. The minimum atomic E-state index is 0.0189. The van der Waals surface area contributed by atoms with Crippen molar-refractivity contribution in [1.82, 2.24) is 10.3 Å². The van der Waals surface area contributed by atoms with Crippen LogP contribution < -0.4 is 5.32 Å². The van der Waals surface area contributed by atoms with Crippen molar-refractivity contribution in [3.05, 3.63) is 65.5 Å². The van der Waals surface area contributed by atoms with E-state index >= 15 is 0 Å². The molecule has 112 valence electrons. The molecule has 0 fully saturated rings. The Morgan fingerprint density at radius 1 is 1.14 bits per heavy atom. The molecule has 4 heteroatoms. The Kier molecular flexibility index (Phi) is 4.19. The number of nitrogens with zero attached hydrogens (tertiary/aromatic N) is 1. The summed E-state index contributed by atoms with van der Waals surface area (Å²) in [5, 5.41) is 2.91. The van der Waals surface area contributed by atoms with E-state index in [4.69, 9.17) is 4.42 Å². The number of hydrogen-bond donors (Lipinski definition) is 1. The van der Waals surface area contributed by atoms with E-state index in [1.807, 2.05) is 55.5 Å². The predicted octanol–water partition coefficient (Wildman–Crippen LogP) is 3.04. The summed E-state index contributed by atoms with van der Waals surface area (Å²) in [5.41, 5.74) is 3.82. The Morgan fingerprint density at radius 2 is 1.91 bits per heavy atom. The number of carbonyl (C=O) groups excluding carboxylic acids is 1. The maximum Gasteiger partial charge on any atom is 0.224 e. The molecule has 22 heavy (non-hydrogen) atoms. The van der Waals surface area contributed by atoms with E-state index in [-0.39, 0.29) is 5.91 Å². The van der Waals surface area contributed by atoms with Gasteiger partial charge in [0.1, 0.15) is 5.52 Å². The van der Waals surface area contributed by atoms with E-state index in [1.54, 1.807) is 0 Å². The summed E-state index contributed by atoms with van der Waals surface area (Å²) in [4.78, 5) is 16.4. The van der Waals surface area contributed by atoms with Gasteiger partial charge in [0.2, 0.25) is 5.91 Å². The van der Waals surface area contributed by atoms with Gasteiger partial charge in [-0.1, -0.05) is 36.4 Å². The van der Waals surface area contributed by atoms with Crippen molar-refractivity contribution in [2.45, 2.75) is 19.8 Å². The van der Waals surface area contributed by atoms with E-state index in [0.717, 1.165) is 22.2 Å². The van der Waals surface area contributed by atoms with E-state index in [0.29, 0.717) is 25.3 Å². The van der Waals surface area contributed by atoms with Crippen LogP contribution in [0, 0.1) is 6.92 Å². The van der Waals surface area contributed by atoms with E-state index in [9.17, 15) is 4.79 Å². The second kappa shape index (κ2) is 6.43. The standard InChI is InChI=1S/C18H18N2O2/c1-13-6-2-3-7-14(13)12-17(21)19-11-10-18-20-15-8-4-5-9-16(15)22-18/h2-9H,10-12H2,1H3,(H,19,21). The molecule has 0 aliphatic heterocycles. The predicted molar refractivity (Wildman–Crippen MR) is 85.6 cm³/mol. The van der Waals surface area contributed by atoms with Crippen LogP contribution in [0.1, 0.15) is 17.0 Å². The maximum absolute atomic E-state index is 12.0. The summed E-state index contributed by atoms with van der Waals surface area (Å²) in [7, 11) is 0. The molecule has 0 unspecified atom stereocenters. The molecule has 0 aliphatic rings. The third-order valence-corrected chi connectivity index (χ3v) is 3.61. The van der Waals surface area contributed by atoms with Gasteiger partial charge in [-0.05, 0) is 30.2 Å². The highest BCUT2D eigenvalue weighted by Crippen LogP contribution is 2.14. The number of fused-ring (bicyclic) bond motifs is 1. The quantitative estimate of drug-likeness (QED) is 0.787. The lowest BCUT2D eigenvalue weighted by atomic mass is 10.1. The van der Waals surface area contributed by atoms with Gasteiger partial charge in [0.25, 0.3) is 0 Å². The minimum Gasteiger partial charge on any atom is -0.441 e. The summed E-state index contributed by atoms with van der Waals surface area (Å²) in [6, 6.07) is 15.6. The van der Waals surface area contributed by atoms with Gasteiger partial charge in [-0.3, -0.25) is 4.79 Å². The number of rotatable bonds is 5. The number of oxazole rings is 1. The Bertz CT molecular complexity index is 759. The summed E-state index contributed by atoms with van der Waals surface area (Å²) < 4.78 is 5.62. The second-order valence-corrected chi connectivity index (χ2v) is 5.28. The van der Waals surface area contributed by atoms with Crippen molar-refractivity contribution >= 4 is 17.0 Å². The number of nitrogens with one attached hydrogen (secondary N) is 1. The fraction of sp³-hybridized carbons (Fsp3) is 0.222. The molecule has 4 nitrogen and oxygen atoms in total. The topological polar surface area (TPSA) is 55.1 Å². The van der Waals surface area contributed by atoms with Crippen LogP contribution in [0.25, 0.3) is 11.1 Å². The molecule has 2 aromatic carbocycles. The summed E-state index contributed by atoms with van der Waals surface area (Å²) >= 11 is 0. The van der Waals surface area contributed by atoms with Crippen LogP contribution >= 0.6 is 0 Å². The lowest BCUT2D eigenvalue weighted by molar-refractivity contribution is -0.120. The van der Waals surface area contributed by atoms with Gasteiger partial charge >= 0.3 is 0 Å². The first-order valence-electron chi connectivity index (χ1n) is 7.38. The van der Waals surface area contributed by atoms with E-state index in [1.165, 1.54) is 0 Å². The molecule has 1 heterocycles. The lowest BCUT2D eigenvalue weighted by Gasteiger charge is -2.06. The van der Waals surface area contributed by atoms with Gasteiger partial charge in [-0.25, -0.2) is 4.98 Å².